The maximum Gasteiger partial charge on any atom is 0.219 e. The SMILES string of the molecule is CCCCCCCCCCCCCCCC(=O)NCCCN.CCCCCCCCCCCCCCCC(=O)NCCCN.CCCCCCCCCCCCCCCC(=O)NCCCN.Cl.Cl.Cl. The molecule has 0 aromatic heterocycles. The van der Waals surface area contributed by atoms with Crippen LogP contribution in [0.4, 0.5) is 0 Å². The summed E-state index contributed by atoms with van der Waals surface area (Å²) in [6, 6.07) is 0. The molecule has 0 fully saturated rings. The Morgan fingerprint density at radius 1 is 0.246 bits per heavy atom. The van der Waals surface area contributed by atoms with E-state index in [1.807, 2.05) is 0 Å². The predicted molar refractivity (Wildman–Crippen MR) is 313 cm³/mol. The van der Waals surface area contributed by atoms with Crippen LogP contribution in [0.2, 0.25) is 0 Å². The number of carbonyl (C=O) groups excluding carboxylic acids is 3. The molecule has 0 aromatic rings. The molecule has 420 valence electrons. The maximum atomic E-state index is 11.5. The Kier molecular flexibility index (Phi) is 87.7. The second-order valence-corrected chi connectivity index (χ2v) is 19.5. The molecule has 0 bridgehead atoms. The Labute approximate surface area is 449 Å². The van der Waals surface area contributed by atoms with Crippen LogP contribution in [0.1, 0.15) is 310 Å². The number of nitrogens with two attached hydrogens (primary N) is 3. The molecule has 0 aliphatic rings. The van der Waals surface area contributed by atoms with Crippen molar-refractivity contribution in [2.24, 2.45) is 17.2 Å². The number of hydrogen-bond donors (Lipinski definition) is 6. The maximum absolute atomic E-state index is 11.5. The second-order valence-electron chi connectivity index (χ2n) is 19.5. The van der Waals surface area contributed by atoms with Gasteiger partial charge >= 0.3 is 0 Å². The number of rotatable bonds is 51. The van der Waals surface area contributed by atoms with Gasteiger partial charge < -0.3 is 33.2 Å². The van der Waals surface area contributed by atoms with Gasteiger partial charge in [0.15, 0.2) is 0 Å². The van der Waals surface area contributed by atoms with Gasteiger partial charge in [0.25, 0.3) is 0 Å². The highest BCUT2D eigenvalue weighted by Crippen LogP contribution is 2.15. The molecule has 12 heteroatoms. The average molecular weight is 1050 g/mol. The summed E-state index contributed by atoms with van der Waals surface area (Å²) in [4.78, 5) is 34.4. The van der Waals surface area contributed by atoms with Crippen molar-refractivity contribution >= 4 is 54.9 Å². The van der Waals surface area contributed by atoms with Crippen LogP contribution in [-0.4, -0.2) is 57.0 Å². The third-order valence-corrected chi connectivity index (χ3v) is 12.6. The molecule has 69 heavy (non-hydrogen) atoms. The van der Waals surface area contributed by atoms with Gasteiger partial charge in [-0.1, -0.05) is 252 Å². The van der Waals surface area contributed by atoms with E-state index in [1.165, 1.54) is 231 Å². The largest absolute Gasteiger partial charge is 0.356 e. The molecule has 0 heterocycles. The average Bonchev–Trinajstić information content (AvgIpc) is 3.31. The van der Waals surface area contributed by atoms with Crippen LogP contribution in [0.3, 0.4) is 0 Å². The highest BCUT2D eigenvalue weighted by molar-refractivity contribution is 5.86. The van der Waals surface area contributed by atoms with Gasteiger partial charge in [-0.2, -0.15) is 0 Å². The molecule has 0 saturated heterocycles. The first-order valence-electron chi connectivity index (χ1n) is 29.3. The molecular formula is C57H123Cl3N6O3. The molecule has 9 N–H and O–H groups in total. The van der Waals surface area contributed by atoms with E-state index in [0.29, 0.717) is 38.9 Å². The van der Waals surface area contributed by atoms with Crippen molar-refractivity contribution in [1.29, 1.82) is 0 Å². The first-order valence-corrected chi connectivity index (χ1v) is 29.3. The molecule has 3 amide bonds. The zero-order valence-electron chi connectivity index (χ0n) is 46.2. The summed E-state index contributed by atoms with van der Waals surface area (Å²) in [5, 5.41) is 8.72. The van der Waals surface area contributed by atoms with Crippen molar-refractivity contribution in [3.05, 3.63) is 0 Å². The quantitative estimate of drug-likeness (QED) is 0.0332. The molecular weight excluding hydrogens is 923 g/mol. The Balaban J connectivity index is -0.000000211. The van der Waals surface area contributed by atoms with Crippen LogP contribution < -0.4 is 33.2 Å². The van der Waals surface area contributed by atoms with Crippen LogP contribution >= 0.6 is 37.2 Å². The Bertz CT molecular complexity index is 826. The topological polar surface area (TPSA) is 165 Å². The van der Waals surface area contributed by atoms with Crippen LogP contribution in [-0.2, 0) is 14.4 Å². The number of halogens is 3. The molecule has 0 radical (unpaired) electrons. The van der Waals surface area contributed by atoms with Gasteiger partial charge in [0.05, 0.1) is 0 Å². The van der Waals surface area contributed by atoms with Crippen LogP contribution in [0.25, 0.3) is 0 Å². The van der Waals surface area contributed by atoms with E-state index >= 15 is 0 Å². The molecule has 0 spiro atoms. The van der Waals surface area contributed by atoms with Crippen molar-refractivity contribution in [3.8, 4) is 0 Å². The predicted octanol–water partition coefficient (Wildman–Crippen LogP) is 16.1. The van der Waals surface area contributed by atoms with Crippen molar-refractivity contribution in [2.75, 3.05) is 39.3 Å². The van der Waals surface area contributed by atoms with E-state index in [4.69, 9.17) is 17.2 Å². The minimum absolute atomic E-state index is 0. The number of amides is 3. The first kappa shape index (κ1) is 79.6. The van der Waals surface area contributed by atoms with E-state index in [1.54, 1.807) is 0 Å². The van der Waals surface area contributed by atoms with E-state index in [9.17, 15) is 14.4 Å². The molecule has 0 unspecified atom stereocenters. The van der Waals surface area contributed by atoms with Crippen LogP contribution in [0.15, 0.2) is 0 Å². The van der Waals surface area contributed by atoms with Gasteiger partial charge in [0.2, 0.25) is 17.7 Å². The van der Waals surface area contributed by atoms with E-state index in [0.717, 1.165) is 58.2 Å². The minimum atomic E-state index is 0. The summed E-state index contributed by atoms with van der Waals surface area (Å²) in [5.74, 6) is 0.574. The Hall–Kier alpha value is -0.840. The number of hydrogen-bond acceptors (Lipinski definition) is 6. The standard InChI is InChI=1S/3C19H40N2O.3ClH/c3*1-2-3-4-5-6-7-8-9-10-11-12-13-14-16-19(22)21-18-15-17-20;;;/h3*2-18,20H2,1H3,(H,21,22);3*1H. The van der Waals surface area contributed by atoms with Gasteiger partial charge in [-0.15, -0.1) is 37.2 Å². The van der Waals surface area contributed by atoms with Crippen LogP contribution in [0.5, 0.6) is 0 Å². The lowest BCUT2D eigenvalue weighted by molar-refractivity contribution is -0.122. The molecule has 0 aliphatic heterocycles. The summed E-state index contributed by atoms with van der Waals surface area (Å²) < 4.78 is 0. The minimum Gasteiger partial charge on any atom is -0.356 e. The number of nitrogens with one attached hydrogen (secondary N) is 3. The zero-order chi connectivity index (χ0) is 48.9. The van der Waals surface area contributed by atoms with E-state index in [-0.39, 0.29) is 54.9 Å². The van der Waals surface area contributed by atoms with Crippen LogP contribution in [0, 0.1) is 0 Å². The van der Waals surface area contributed by atoms with Crippen molar-refractivity contribution < 1.29 is 14.4 Å². The first-order chi connectivity index (χ1) is 32.4. The van der Waals surface area contributed by atoms with Gasteiger partial charge in [-0.25, -0.2) is 0 Å². The Morgan fingerprint density at radius 3 is 0.536 bits per heavy atom. The van der Waals surface area contributed by atoms with Gasteiger partial charge in [0.1, 0.15) is 0 Å². The summed E-state index contributed by atoms with van der Waals surface area (Å²) in [6.07, 6.45) is 57.2. The van der Waals surface area contributed by atoms with E-state index < -0.39 is 0 Å². The van der Waals surface area contributed by atoms with Crippen molar-refractivity contribution in [2.45, 2.75) is 310 Å². The summed E-state index contributed by atoms with van der Waals surface area (Å²) in [5.41, 5.74) is 16.2. The molecule has 9 nitrogen and oxygen atoms in total. The molecule has 0 saturated carbocycles. The van der Waals surface area contributed by atoms with Gasteiger partial charge in [-0.3, -0.25) is 14.4 Å². The smallest absolute Gasteiger partial charge is 0.219 e. The fourth-order valence-corrected chi connectivity index (χ4v) is 8.16. The monoisotopic (exact) mass is 1040 g/mol. The molecule has 0 aromatic carbocycles. The second kappa shape index (κ2) is 76.1. The summed E-state index contributed by atoms with van der Waals surface area (Å²) in [7, 11) is 0. The number of carbonyl (C=O) groups is 3. The molecule has 0 aliphatic carbocycles. The third kappa shape index (κ3) is 81.5. The lowest BCUT2D eigenvalue weighted by Gasteiger charge is -2.04. The van der Waals surface area contributed by atoms with E-state index in [2.05, 4.69) is 36.7 Å². The summed E-state index contributed by atoms with van der Waals surface area (Å²) in [6.45, 7) is 11.0. The lowest BCUT2D eigenvalue weighted by Crippen LogP contribution is -2.25. The fourth-order valence-electron chi connectivity index (χ4n) is 8.16. The Morgan fingerprint density at radius 2 is 0.391 bits per heavy atom. The van der Waals surface area contributed by atoms with Gasteiger partial charge in [-0.05, 0) is 58.2 Å². The lowest BCUT2D eigenvalue weighted by atomic mass is 10.0. The molecule has 0 atom stereocenters. The highest BCUT2D eigenvalue weighted by Gasteiger charge is 2.03. The fraction of sp³-hybridized carbons (Fsp3) is 0.947. The number of unbranched alkanes of at least 4 members (excludes halogenated alkanes) is 36. The normalized spacial score (nSPS) is 10.3. The molecule has 0 rings (SSSR count). The van der Waals surface area contributed by atoms with Crippen molar-refractivity contribution in [3.63, 3.8) is 0 Å². The van der Waals surface area contributed by atoms with Crippen molar-refractivity contribution in [1.82, 2.24) is 16.0 Å². The highest BCUT2D eigenvalue weighted by atomic mass is 35.5. The van der Waals surface area contributed by atoms with Gasteiger partial charge in [0, 0.05) is 38.9 Å². The zero-order valence-corrected chi connectivity index (χ0v) is 48.7. The summed E-state index contributed by atoms with van der Waals surface area (Å²) >= 11 is 0. The third-order valence-electron chi connectivity index (χ3n) is 12.6.